The quantitative estimate of drug-likeness (QED) is 0.469. The molecular formula is C31H42N6O. The van der Waals surface area contributed by atoms with E-state index in [0.29, 0.717) is 0 Å². The summed E-state index contributed by atoms with van der Waals surface area (Å²) < 4.78 is 7.68. The molecule has 7 heteroatoms. The molecule has 1 aromatic heterocycles. The molecule has 1 saturated heterocycles. The summed E-state index contributed by atoms with van der Waals surface area (Å²) in [4.78, 5) is 11.7. The van der Waals surface area contributed by atoms with E-state index in [0.717, 1.165) is 67.2 Å². The first-order chi connectivity index (χ1) is 18.1. The van der Waals surface area contributed by atoms with Crippen LogP contribution in [0.5, 0.6) is 0 Å². The molecule has 0 amide bonds. The second-order valence-corrected chi connectivity index (χ2v) is 10.7. The van der Waals surface area contributed by atoms with Crippen molar-refractivity contribution in [1.29, 1.82) is 0 Å². The van der Waals surface area contributed by atoms with Crippen molar-refractivity contribution >= 4 is 11.4 Å². The molecule has 0 aliphatic carbocycles. The van der Waals surface area contributed by atoms with Gasteiger partial charge in [0.1, 0.15) is 17.5 Å². The molecule has 0 spiro atoms. The van der Waals surface area contributed by atoms with Crippen LogP contribution >= 0.6 is 0 Å². The van der Waals surface area contributed by atoms with Crippen LogP contribution in [0.3, 0.4) is 0 Å². The first-order valence-electron chi connectivity index (χ1n) is 13.4. The van der Waals surface area contributed by atoms with Crippen LogP contribution in [0.1, 0.15) is 43.3 Å². The number of morpholine rings is 1. The molecule has 3 heterocycles. The van der Waals surface area contributed by atoms with Crippen molar-refractivity contribution in [2.24, 2.45) is 4.99 Å². The molecule has 2 aliphatic rings. The van der Waals surface area contributed by atoms with Crippen molar-refractivity contribution in [3.05, 3.63) is 95.5 Å². The van der Waals surface area contributed by atoms with E-state index in [1.807, 2.05) is 24.0 Å². The van der Waals surface area contributed by atoms with E-state index in [1.54, 1.807) is 0 Å². The highest BCUT2D eigenvalue weighted by atomic mass is 16.5. The van der Waals surface area contributed by atoms with Crippen molar-refractivity contribution in [2.45, 2.75) is 46.6 Å². The summed E-state index contributed by atoms with van der Waals surface area (Å²) in [6, 6.07) is 10.6. The number of aromatic nitrogens is 2. The number of benzene rings is 1. The van der Waals surface area contributed by atoms with Crippen LogP contribution in [-0.2, 0) is 16.7 Å². The van der Waals surface area contributed by atoms with E-state index in [9.17, 15) is 0 Å². The van der Waals surface area contributed by atoms with Gasteiger partial charge in [-0.05, 0) is 50.1 Å². The van der Waals surface area contributed by atoms with E-state index in [1.165, 1.54) is 11.3 Å². The number of ether oxygens (including phenoxy) is 1. The number of nitrogens with zero attached hydrogens (tertiary/aromatic N) is 6. The Morgan fingerprint density at radius 2 is 1.92 bits per heavy atom. The topological polar surface area (TPSA) is 49.1 Å². The molecule has 0 saturated carbocycles. The van der Waals surface area contributed by atoms with Gasteiger partial charge in [-0.2, -0.15) is 5.10 Å². The molecule has 4 rings (SSSR count). The zero-order valence-corrected chi connectivity index (χ0v) is 24.0. The van der Waals surface area contributed by atoms with E-state index in [2.05, 4.69) is 105 Å². The van der Waals surface area contributed by atoms with E-state index >= 15 is 0 Å². The van der Waals surface area contributed by atoms with Gasteiger partial charge in [0.15, 0.2) is 0 Å². The molecule has 38 heavy (non-hydrogen) atoms. The normalized spacial score (nSPS) is 17.7. The summed E-state index contributed by atoms with van der Waals surface area (Å²) in [6.07, 6.45) is 8.47. The number of hydrogen-bond acceptors (Lipinski definition) is 6. The Morgan fingerprint density at radius 3 is 2.58 bits per heavy atom. The summed E-state index contributed by atoms with van der Waals surface area (Å²) in [5.41, 5.74) is 5.21. The molecule has 1 aromatic carbocycles. The minimum atomic E-state index is -0.301. The summed E-state index contributed by atoms with van der Waals surface area (Å²) in [5, 5.41) is 4.87. The average Bonchev–Trinajstić information content (AvgIpc) is 3.30. The van der Waals surface area contributed by atoms with Gasteiger partial charge in [0.05, 0.1) is 18.9 Å². The molecule has 202 valence electrons. The number of rotatable bonds is 7. The maximum atomic E-state index is 5.63. The SMILES string of the molecule is C=C(/C=C\N(C)C1=N/C(=C/C(C)(C)c2cc(C)n(CC)n2)N(C)C(N2CCOCC2)=C1)c1cccc(C)c1. The molecule has 2 aromatic rings. The fourth-order valence-corrected chi connectivity index (χ4v) is 4.72. The van der Waals surface area contributed by atoms with Crippen molar-refractivity contribution < 1.29 is 4.74 Å². The first kappa shape index (κ1) is 27.5. The number of aliphatic imine (C=N–C) groups is 1. The molecule has 0 bridgehead atoms. The monoisotopic (exact) mass is 514 g/mol. The number of allylic oxidation sites excluding steroid dienone is 3. The maximum absolute atomic E-state index is 5.63. The van der Waals surface area contributed by atoms with E-state index in [4.69, 9.17) is 14.8 Å². The van der Waals surface area contributed by atoms with Gasteiger partial charge >= 0.3 is 0 Å². The van der Waals surface area contributed by atoms with Crippen LogP contribution in [0.2, 0.25) is 0 Å². The van der Waals surface area contributed by atoms with Gasteiger partial charge in [0.25, 0.3) is 0 Å². The molecule has 1 fully saturated rings. The van der Waals surface area contributed by atoms with Crippen LogP contribution in [0.15, 0.2) is 78.0 Å². The minimum Gasteiger partial charge on any atom is -0.378 e. The zero-order chi connectivity index (χ0) is 27.4. The second-order valence-electron chi connectivity index (χ2n) is 10.7. The lowest BCUT2D eigenvalue weighted by Gasteiger charge is -2.39. The average molecular weight is 515 g/mol. The lowest BCUT2D eigenvalue weighted by atomic mass is 9.88. The highest BCUT2D eigenvalue weighted by Crippen LogP contribution is 2.30. The van der Waals surface area contributed by atoms with Crippen LogP contribution < -0.4 is 0 Å². The third-order valence-electron chi connectivity index (χ3n) is 7.19. The van der Waals surface area contributed by atoms with Crippen molar-refractivity contribution in [3.8, 4) is 0 Å². The van der Waals surface area contributed by atoms with Crippen molar-refractivity contribution in [1.82, 2.24) is 24.5 Å². The number of likely N-dealkylation sites (N-methyl/N-ethyl adjacent to an activating group) is 1. The number of aryl methyl sites for hydroxylation is 3. The number of hydrogen-bond donors (Lipinski definition) is 0. The summed E-state index contributed by atoms with van der Waals surface area (Å²) in [6.45, 7) is 19.0. The van der Waals surface area contributed by atoms with Crippen molar-refractivity contribution in [2.75, 3.05) is 40.4 Å². The largest absolute Gasteiger partial charge is 0.378 e. The maximum Gasteiger partial charge on any atom is 0.138 e. The predicted molar refractivity (Wildman–Crippen MR) is 157 cm³/mol. The highest BCUT2D eigenvalue weighted by Gasteiger charge is 2.29. The third-order valence-corrected chi connectivity index (χ3v) is 7.19. The zero-order valence-electron chi connectivity index (χ0n) is 24.0. The lowest BCUT2D eigenvalue weighted by Crippen LogP contribution is -2.43. The summed E-state index contributed by atoms with van der Waals surface area (Å²) in [5.74, 6) is 2.89. The highest BCUT2D eigenvalue weighted by molar-refractivity contribution is 5.95. The number of amidine groups is 1. The van der Waals surface area contributed by atoms with Crippen LogP contribution in [0.4, 0.5) is 0 Å². The van der Waals surface area contributed by atoms with Crippen LogP contribution in [0, 0.1) is 13.8 Å². The second kappa shape index (κ2) is 11.4. The van der Waals surface area contributed by atoms with Gasteiger partial charge in [-0.3, -0.25) is 4.68 Å². The Kier molecular flexibility index (Phi) is 8.26. The van der Waals surface area contributed by atoms with Gasteiger partial charge < -0.3 is 19.4 Å². The van der Waals surface area contributed by atoms with E-state index < -0.39 is 0 Å². The first-order valence-corrected chi connectivity index (χ1v) is 13.4. The van der Waals surface area contributed by atoms with E-state index in [-0.39, 0.29) is 5.41 Å². The fraction of sp³-hybridized carbons (Fsp3) is 0.419. The van der Waals surface area contributed by atoms with Crippen LogP contribution in [-0.4, -0.2) is 70.7 Å². The lowest BCUT2D eigenvalue weighted by molar-refractivity contribution is 0.0425. The standard InChI is InChI=1S/C31H42N6O/c1-9-37-25(4)20-27(33-37)31(5,6)22-29-32-28(21-30(35(29)8)36-15-17-38-18-16-36)34(7)14-13-24(3)26-12-10-11-23(2)19-26/h10-14,19-22H,3,9,15-18H2,1-2,4-8H3/b14-13-,29-22-. The Bertz CT molecular complexity index is 1290. The Hall–Kier alpha value is -3.58. The van der Waals surface area contributed by atoms with Crippen molar-refractivity contribution in [3.63, 3.8) is 0 Å². The third kappa shape index (κ3) is 6.10. The molecule has 0 unspecified atom stereocenters. The minimum absolute atomic E-state index is 0.301. The molecule has 7 nitrogen and oxygen atoms in total. The van der Waals surface area contributed by atoms with Gasteiger partial charge in [-0.1, -0.05) is 50.3 Å². The Morgan fingerprint density at radius 1 is 1.18 bits per heavy atom. The molecule has 0 atom stereocenters. The molecular weight excluding hydrogens is 472 g/mol. The van der Waals surface area contributed by atoms with Crippen LogP contribution in [0.25, 0.3) is 5.57 Å². The smallest absolute Gasteiger partial charge is 0.138 e. The predicted octanol–water partition coefficient (Wildman–Crippen LogP) is 5.32. The van der Waals surface area contributed by atoms with Gasteiger partial charge in [-0.15, -0.1) is 0 Å². The Balaban J connectivity index is 1.67. The molecule has 0 N–H and O–H groups in total. The summed E-state index contributed by atoms with van der Waals surface area (Å²) in [7, 11) is 4.13. The molecule has 2 aliphatic heterocycles. The summed E-state index contributed by atoms with van der Waals surface area (Å²) >= 11 is 0. The van der Waals surface area contributed by atoms with Gasteiger partial charge in [0, 0.05) is 57.1 Å². The fourth-order valence-electron chi connectivity index (χ4n) is 4.72. The molecule has 0 radical (unpaired) electrons. The van der Waals surface area contributed by atoms with Gasteiger partial charge in [-0.25, -0.2) is 4.99 Å². The Labute approximate surface area is 228 Å². The van der Waals surface area contributed by atoms with Gasteiger partial charge in [0.2, 0.25) is 0 Å².